The molecule has 0 bridgehead atoms. The van der Waals surface area contributed by atoms with Gasteiger partial charge in [0.05, 0.1) is 17.6 Å². The zero-order valence-electron chi connectivity index (χ0n) is 12.4. The number of hydrogen-bond donors (Lipinski definition) is 2. The number of imidazole rings is 1. The van der Waals surface area contributed by atoms with Gasteiger partial charge in [0.15, 0.2) is 5.11 Å². The van der Waals surface area contributed by atoms with Gasteiger partial charge in [-0.1, -0.05) is 31.4 Å². The van der Waals surface area contributed by atoms with Gasteiger partial charge in [0.1, 0.15) is 5.82 Å². The van der Waals surface area contributed by atoms with E-state index < -0.39 is 0 Å². The Bertz CT molecular complexity index is 583. The summed E-state index contributed by atoms with van der Waals surface area (Å²) in [5, 5.41) is 4.31. The van der Waals surface area contributed by atoms with E-state index in [0.717, 1.165) is 22.0 Å². The molecule has 1 fully saturated rings. The van der Waals surface area contributed by atoms with Gasteiger partial charge in [0.2, 0.25) is 0 Å². The molecule has 4 nitrogen and oxygen atoms in total. The van der Waals surface area contributed by atoms with Gasteiger partial charge in [-0.3, -0.25) is 0 Å². The van der Waals surface area contributed by atoms with Crippen LogP contribution in [0.1, 0.15) is 37.9 Å². The van der Waals surface area contributed by atoms with E-state index in [4.69, 9.17) is 12.2 Å². The molecule has 1 aliphatic rings. The number of hydrogen-bond acceptors (Lipinski definition) is 2. The van der Waals surface area contributed by atoms with Crippen LogP contribution in [-0.2, 0) is 6.54 Å². The van der Waals surface area contributed by atoms with Crippen LogP contribution >= 0.6 is 12.2 Å². The molecular formula is C16H22N4S. The predicted octanol–water partition coefficient (Wildman–Crippen LogP) is 3.20. The molecule has 2 N–H and O–H groups in total. The first-order valence-electron chi connectivity index (χ1n) is 7.67. The number of aromatic nitrogens is 2. The first-order valence-corrected chi connectivity index (χ1v) is 8.08. The predicted molar refractivity (Wildman–Crippen MR) is 90.2 cm³/mol. The number of aromatic amines is 1. The summed E-state index contributed by atoms with van der Waals surface area (Å²) < 4.78 is 0. The van der Waals surface area contributed by atoms with Gasteiger partial charge in [-0.15, -0.1) is 0 Å². The van der Waals surface area contributed by atoms with Gasteiger partial charge in [0, 0.05) is 13.1 Å². The molecule has 1 saturated carbocycles. The SMILES string of the molecule is CN(Cc1nc2ccccc2[nH]1)C(=S)NC1CCCCC1. The van der Waals surface area contributed by atoms with Gasteiger partial charge in [-0.25, -0.2) is 4.98 Å². The molecular weight excluding hydrogens is 280 g/mol. The molecule has 0 spiro atoms. The fourth-order valence-corrected chi connectivity index (χ4v) is 3.14. The second kappa shape index (κ2) is 6.43. The Balaban J connectivity index is 1.59. The second-order valence-corrected chi connectivity index (χ2v) is 6.23. The van der Waals surface area contributed by atoms with E-state index in [-0.39, 0.29) is 0 Å². The van der Waals surface area contributed by atoms with E-state index in [2.05, 4.69) is 20.2 Å². The molecule has 0 aliphatic heterocycles. The monoisotopic (exact) mass is 302 g/mol. The minimum Gasteiger partial charge on any atom is -0.360 e. The largest absolute Gasteiger partial charge is 0.360 e. The smallest absolute Gasteiger partial charge is 0.169 e. The first-order chi connectivity index (χ1) is 10.2. The van der Waals surface area contributed by atoms with Crippen molar-refractivity contribution in [1.29, 1.82) is 0 Å². The van der Waals surface area contributed by atoms with Crippen LogP contribution in [0.3, 0.4) is 0 Å². The number of fused-ring (bicyclic) bond motifs is 1. The summed E-state index contributed by atoms with van der Waals surface area (Å²) in [7, 11) is 2.02. The second-order valence-electron chi connectivity index (χ2n) is 5.84. The molecule has 21 heavy (non-hydrogen) atoms. The van der Waals surface area contributed by atoms with E-state index in [9.17, 15) is 0 Å². The summed E-state index contributed by atoms with van der Waals surface area (Å²) in [5.74, 6) is 0.950. The lowest BCUT2D eigenvalue weighted by molar-refractivity contribution is 0.390. The average molecular weight is 302 g/mol. The molecule has 1 aromatic heterocycles. The third kappa shape index (κ3) is 3.53. The minimum atomic E-state index is 0.546. The highest BCUT2D eigenvalue weighted by Gasteiger charge is 2.16. The molecule has 0 atom stereocenters. The maximum Gasteiger partial charge on any atom is 0.169 e. The minimum absolute atomic E-state index is 0.546. The topological polar surface area (TPSA) is 44.0 Å². The maximum absolute atomic E-state index is 5.51. The molecule has 1 heterocycles. The molecule has 0 amide bonds. The normalized spacial score (nSPS) is 16.0. The molecule has 1 aliphatic carbocycles. The highest BCUT2D eigenvalue weighted by Crippen LogP contribution is 2.18. The number of para-hydroxylation sites is 2. The lowest BCUT2D eigenvalue weighted by atomic mass is 9.96. The van der Waals surface area contributed by atoms with Crippen molar-refractivity contribution >= 4 is 28.4 Å². The van der Waals surface area contributed by atoms with Crippen LogP contribution in [-0.4, -0.2) is 33.1 Å². The van der Waals surface area contributed by atoms with Crippen LogP contribution in [0, 0.1) is 0 Å². The number of rotatable bonds is 3. The van der Waals surface area contributed by atoms with Gasteiger partial charge in [-0.05, 0) is 37.2 Å². The van der Waals surface area contributed by atoms with Crippen LogP contribution < -0.4 is 5.32 Å². The van der Waals surface area contributed by atoms with E-state index in [1.807, 2.05) is 31.3 Å². The summed E-state index contributed by atoms with van der Waals surface area (Å²) in [6.45, 7) is 0.702. The van der Waals surface area contributed by atoms with E-state index in [1.54, 1.807) is 0 Å². The van der Waals surface area contributed by atoms with Crippen LogP contribution in [0.25, 0.3) is 11.0 Å². The summed E-state index contributed by atoms with van der Waals surface area (Å²) in [6.07, 6.45) is 6.46. The standard InChI is InChI=1S/C16H22N4S/c1-20(16(21)17-12-7-3-2-4-8-12)11-15-18-13-9-5-6-10-14(13)19-15/h5-6,9-10,12H,2-4,7-8,11H2,1H3,(H,17,21)(H,18,19). The van der Waals surface area contributed by atoms with Crippen LogP contribution in [0.2, 0.25) is 0 Å². The Morgan fingerprint density at radius 2 is 2.10 bits per heavy atom. The Hall–Kier alpha value is -1.62. The molecule has 3 rings (SSSR count). The van der Waals surface area contributed by atoms with Gasteiger partial charge in [-0.2, -0.15) is 0 Å². The maximum atomic E-state index is 5.51. The average Bonchev–Trinajstić information content (AvgIpc) is 2.90. The molecule has 2 aromatic rings. The lowest BCUT2D eigenvalue weighted by Gasteiger charge is -2.28. The van der Waals surface area contributed by atoms with Crippen LogP contribution in [0.4, 0.5) is 0 Å². The zero-order chi connectivity index (χ0) is 14.7. The summed E-state index contributed by atoms with van der Waals surface area (Å²) in [4.78, 5) is 10.00. The molecule has 0 saturated heterocycles. The van der Waals surface area contributed by atoms with Crippen molar-refractivity contribution in [3.8, 4) is 0 Å². The Labute approximate surface area is 130 Å². The Morgan fingerprint density at radius 1 is 1.33 bits per heavy atom. The van der Waals surface area contributed by atoms with E-state index in [1.165, 1.54) is 32.1 Å². The van der Waals surface area contributed by atoms with Gasteiger partial charge >= 0.3 is 0 Å². The molecule has 5 heteroatoms. The van der Waals surface area contributed by atoms with Crippen molar-refractivity contribution in [2.75, 3.05) is 7.05 Å². The lowest BCUT2D eigenvalue weighted by Crippen LogP contribution is -2.43. The van der Waals surface area contributed by atoms with Gasteiger partial charge < -0.3 is 15.2 Å². The van der Waals surface area contributed by atoms with Crippen molar-refractivity contribution in [1.82, 2.24) is 20.2 Å². The van der Waals surface area contributed by atoms with Crippen molar-refractivity contribution in [2.45, 2.75) is 44.7 Å². The number of nitrogens with one attached hydrogen (secondary N) is 2. The third-order valence-corrected chi connectivity index (χ3v) is 4.53. The first kappa shape index (κ1) is 14.3. The van der Waals surface area contributed by atoms with Crippen molar-refractivity contribution in [2.24, 2.45) is 0 Å². The van der Waals surface area contributed by atoms with Gasteiger partial charge in [0.25, 0.3) is 0 Å². The summed E-state index contributed by atoms with van der Waals surface area (Å²) in [6, 6.07) is 8.64. The fourth-order valence-electron chi connectivity index (χ4n) is 2.91. The third-order valence-electron chi connectivity index (χ3n) is 4.10. The van der Waals surface area contributed by atoms with E-state index in [0.29, 0.717) is 12.6 Å². The van der Waals surface area contributed by atoms with Crippen LogP contribution in [0.15, 0.2) is 24.3 Å². The van der Waals surface area contributed by atoms with Crippen molar-refractivity contribution in [3.63, 3.8) is 0 Å². The highest BCUT2D eigenvalue weighted by molar-refractivity contribution is 7.80. The van der Waals surface area contributed by atoms with Crippen molar-refractivity contribution in [3.05, 3.63) is 30.1 Å². The Morgan fingerprint density at radius 3 is 2.86 bits per heavy atom. The molecule has 0 radical (unpaired) electrons. The fraction of sp³-hybridized carbons (Fsp3) is 0.500. The summed E-state index contributed by atoms with van der Waals surface area (Å²) >= 11 is 5.51. The summed E-state index contributed by atoms with van der Waals surface area (Å²) in [5.41, 5.74) is 2.08. The molecule has 0 unspecified atom stereocenters. The number of benzene rings is 1. The number of H-pyrrole nitrogens is 1. The van der Waals surface area contributed by atoms with Crippen molar-refractivity contribution < 1.29 is 0 Å². The van der Waals surface area contributed by atoms with E-state index >= 15 is 0 Å². The number of thiocarbonyl (C=S) groups is 1. The molecule has 1 aromatic carbocycles. The number of nitrogens with zero attached hydrogens (tertiary/aromatic N) is 2. The van der Waals surface area contributed by atoms with Crippen LogP contribution in [0.5, 0.6) is 0 Å². The quantitative estimate of drug-likeness (QED) is 0.855. The zero-order valence-corrected chi connectivity index (χ0v) is 13.2. The Kier molecular flexibility index (Phi) is 4.39. The highest BCUT2D eigenvalue weighted by atomic mass is 32.1. The molecule has 112 valence electrons.